The van der Waals surface area contributed by atoms with E-state index in [2.05, 4.69) is 18.8 Å². The number of H-pyrrole nitrogens is 1. The topological polar surface area (TPSA) is 85.9 Å². The maximum Gasteiger partial charge on any atom is 0.295 e. The number of benzene rings is 2. The van der Waals surface area contributed by atoms with E-state index in [9.17, 15) is 14.7 Å². The summed E-state index contributed by atoms with van der Waals surface area (Å²) in [6.45, 7) is 5.88. The molecule has 1 unspecified atom stereocenters. The zero-order chi connectivity index (χ0) is 25.1. The molecule has 0 saturated carbocycles. The van der Waals surface area contributed by atoms with E-state index < -0.39 is 17.7 Å². The third kappa shape index (κ3) is 5.10. The van der Waals surface area contributed by atoms with Crippen LogP contribution < -0.4 is 4.74 Å². The number of fused-ring (bicyclic) bond motifs is 1. The van der Waals surface area contributed by atoms with Gasteiger partial charge in [-0.25, -0.2) is 0 Å². The van der Waals surface area contributed by atoms with Crippen molar-refractivity contribution < 1.29 is 19.4 Å². The Morgan fingerprint density at radius 2 is 1.91 bits per heavy atom. The SMILES string of the molecule is CC(C)COc1cccc(C2/C(=C(/O)c3c[nH]c4ccccc34)C(=O)C(=O)N2CCCN(C)C)c1. The minimum absolute atomic E-state index is 0.102. The Kier molecular flexibility index (Phi) is 7.26. The van der Waals surface area contributed by atoms with E-state index in [-0.39, 0.29) is 11.3 Å². The van der Waals surface area contributed by atoms with Crippen molar-refractivity contribution in [1.82, 2.24) is 14.8 Å². The van der Waals surface area contributed by atoms with Gasteiger partial charge in [-0.3, -0.25) is 9.59 Å². The first-order valence-electron chi connectivity index (χ1n) is 12.0. The van der Waals surface area contributed by atoms with Crippen molar-refractivity contribution in [3.05, 3.63) is 71.4 Å². The number of aromatic amines is 1. The van der Waals surface area contributed by atoms with Gasteiger partial charge in [0.2, 0.25) is 0 Å². The number of nitrogens with one attached hydrogen (secondary N) is 1. The third-order valence-corrected chi connectivity index (χ3v) is 6.15. The Labute approximate surface area is 206 Å². The highest BCUT2D eigenvalue weighted by molar-refractivity contribution is 6.46. The predicted molar refractivity (Wildman–Crippen MR) is 137 cm³/mol. The molecule has 35 heavy (non-hydrogen) atoms. The van der Waals surface area contributed by atoms with Gasteiger partial charge in [0.15, 0.2) is 0 Å². The highest BCUT2D eigenvalue weighted by Crippen LogP contribution is 2.41. The summed E-state index contributed by atoms with van der Waals surface area (Å²) in [5.41, 5.74) is 2.18. The van der Waals surface area contributed by atoms with Gasteiger partial charge >= 0.3 is 0 Å². The van der Waals surface area contributed by atoms with E-state index in [1.807, 2.05) is 67.5 Å². The highest BCUT2D eigenvalue weighted by atomic mass is 16.5. The molecule has 2 aromatic carbocycles. The van der Waals surface area contributed by atoms with E-state index in [0.29, 0.717) is 36.8 Å². The van der Waals surface area contributed by atoms with E-state index in [1.165, 1.54) is 0 Å². The number of rotatable bonds is 9. The van der Waals surface area contributed by atoms with Crippen LogP contribution in [0.1, 0.15) is 37.4 Å². The molecule has 1 fully saturated rings. The first kappa shape index (κ1) is 24.5. The quantitative estimate of drug-likeness (QED) is 0.269. The van der Waals surface area contributed by atoms with Gasteiger partial charge in [-0.1, -0.05) is 44.2 Å². The molecule has 1 aliphatic heterocycles. The van der Waals surface area contributed by atoms with Gasteiger partial charge in [0.05, 0.1) is 18.2 Å². The van der Waals surface area contributed by atoms with Gasteiger partial charge < -0.3 is 24.6 Å². The van der Waals surface area contributed by atoms with Crippen molar-refractivity contribution >= 4 is 28.4 Å². The van der Waals surface area contributed by atoms with Crippen LogP contribution in [-0.4, -0.2) is 65.4 Å². The number of hydrogen-bond acceptors (Lipinski definition) is 5. The van der Waals surface area contributed by atoms with Gasteiger partial charge in [-0.05, 0) is 56.7 Å². The Morgan fingerprint density at radius 1 is 1.14 bits per heavy atom. The lowest BCUT2D eigenvalue weighted by molar-refractivity contribution is -0.139. The number of aliphatic hydroxyl groups is 1. The van der Waals surface area contributed by atoms with Gasteiger partial charge in [-0.15, -0.1) is 0 Å². The summed E-state index contributed by atoms with van der Waals surface area (Å²) in [4.78, 5) is 33.3. The molecule has 184 valence electrons. The summed E-state index contributed by atoms with van der Waals surface area (Å²) < 4.78 is 5.92. The first-order chi connectivity index (χ1) is 16.8. The van der Waals surface area contributed by atoms with Crippen LogP contribution in [0, 0.1) is 5.92 Å². The lowest BCUT2D eigenvalue weighted by atomic mass is 9.95. The normalized spacial score (nSPS) is 17.8. The van der Waals surface area contributed by atoms with E-state index >= 15 is 0 Å². The number of para-hydroxylation sites is 1. The third-order valence-electron chi connectivity index (χ3n) is 6.15. The number of ketones is 1. The smallest absolute Gasteiger partial charge is 0.295 e. The van der Waals surface area contributed by atoms with Crippen LogP contribution in [0.3, 0.4) is 0 Å². The van der Waals surface area contributed by atoms with Crippen LogP contribution in [0.15, 0.2) is 60.3 Å². The summed E-state index contributed by atoms with van der Waals surface area (Å²) in [6, 6.07) is 14.3. The van der Waals surface area contributed by atoms with Crippen LogP contribution >= 0.6 is 0 Å². The van der Waals surface area contributed by atoms with Crippen molar-refractivity contribution in [3.63, 3.8) is 0 Å². The molecule has 2 heterocycles. The number of nitrogens with zero attached hydrogens (tertiary/aromatic N) is 2. The monoisotopic (exact) mass is 475 g/mol. The number of carbonyl (C=O) groups excluding carboxylic acids is 2. The molecule has 7 heteroatoms. The minimum Gasteiger partial charge on any atom is -0.507 e. The molecular weight excluding hydrogens is 442 g/mol. The zero-order valence-electron chi connectivity index (χ0n) is 20.7. The molecule has 0 radical (unpaired) electrons. The van der Waals surface area contributed by atoms with Crippen LogP contribution in [0.25, 0.3) is 16.7 Å². The molecular formula is C28H33N3O4. The molecule has 1 saturated heterocycles. The largest absolute Gasteiger partial charge is 0.507 e. The van der Waals surface area contributed by atoms with Gasteiger partial charge in [0.25, 0.3) is 11.7 Å². The molecule has 3 aromatic rings. The van der Waals surface area contributed by atoms with Gasteiger partial charge in [0.1, 0.15) is 11.5 Å². The fourth-order valence-electron chi connectivity index (χ4n) is 4.46. The molecule has 1 amide bonds. The molecule has 0 aliphatic carbocycles. The minimum atomic E-state index is -0.701. The number of likely N-dealkylation sites (tertiary alicyclic amines) is 1. The number of amides is 1. The molecule has 1 aromatic heterocycles. The van der Waals surface area contributed by atoms with Gasteiger partial charge in [0, 0.05) is 29.2 Å². The van der Waals surface area contributed by atoms with Crippen molar-refractivity contribution in [2.45, 2.75) is 26.3 Å². The predicted octanol–water partition coefficient (Wildman–Crippen LogP) is 4.58. The fraction of sp³-hybridized carbons (Fsp3) is 0.357. The lowest BCUT2D eigenvalue weighted by Gasteiger charge is -2.26. The Morgan fingerprint density at radius 3 is 2.66 bits per heavy atom. The van der Waals surface area contributed by atoms with Crippen molar-refractivity contribution in [3.8, 4) is 5.75 Å². The number of aromatic nitrogens is 1. The Balaban J connectivity index is 1.81. The summed E-state index contributed by atoms with van der Waals surface area (Å²) in [5.74, 6) is -0.409. The second kappa shape index (κ2) is 10.4. The highest BCUT2D eigenvalue weighted by Gasteiger charge is 2.46. The number of Topliss-reactive ketones (excluding diaryl/α,β-unsaturated/α-hetero) is 1. The molecule has 0 bridgehead atoms. The van der Waals surface area contributed by atoms with Crippen molar-refractivity contribution in [1.29, 1.82) is 0 Å². The standard InChI is InChI=1S/C28H33N3O4/c1-18(2)17-35-20-10-7-9-19(15-20)25-24(27(33)28(34)31(25)14-8-13-30(3)4)26(32)22-16-29-23-12-6-5-11-21(22)23/h5-7,9-12,15-16,18,25,29,32H,8,13-14,17H2,1-4H3/b26-24-. The number of ether oxygens (including phenoxy) is 1. The van der Waals surface area contributed by atoms with Crippen LogP contribution in [-0.2, 0) is 9.59 Å². The molecule has 1 atom stereocenters. The van der Waals surface area contributed by atoms with Gasteiger partial charge in [-0.2, -0.15) is 0 Å². The van der Waals surface area contributed by atoms with E-state index in [4.69, 9.17) is 4.74 Å². The number of hydrogen-bond donors (Lipinski definition) is 2. The Bertz CT molecular complexity index is 1260. The molecule has 1 aliphatic rings. The number of aliphatic hydroxyl groups excluding tert-OH is 1. The number of carbonyl (C=O) groups is 2. The molecule has 2 N–H and O–H groups in total. The second-order valence-corrected chi connectivity index (χ2v) is 9.67. The van der Waals surface area contributed by atoms with E-state index in [1.54, 1.807) is 11.1 Å². The Hall–Kier alpha value is -3.58. The summed E-state index contributed by atoms with van der Waals surface area (Å²) in [5, 5.41) is 12.2. The summed E-state index contributed by atoms with van der Waals surface area (Å²) in [7, 11) is 3.94. The maximum absolute atomic E-state index is 13.3. The van der Waals surface area contributed by atoms with Crippen LogP contribution in [0.2, 0.25) is 0 Å². The van der Waals surface area contributed by atoms with Crippen molar-refractivity contribution in [2.75, 3.05) is 33.8 Å². The average molecular weight is 476 g/mol. The molecule has 0 spiro atoms. The molecule has 4 rings (SSSR count). The van der Waals surface area contributed by atoms with E-state index in [0.717, 1.165) is 23.0 Å². The maximum atomic E-state index is 13.3. The van der Waals surface area contributed by atoms with Crippen molar-refractivity contribution in [2.24, 2.45) is 5.92 Å². The average Bonchev–Trinajstić information content (AvgIpc) is 3.37. The summed E-state index contributed by atoms with van der Waals surface area (Å²) >= 11 is 0. The fourth-order valence-corrected chi connectivity index (χ4v) is 4.46. The lowest BCUT2D eigenvalue weighted by Crippen LogP contribution is -2.32. The zero-order valence-corrected chi connectivity index (χ0v) is 20.7. The summed E-state index contributed by atoms with van der Waals surface area (Å²) in [6.07, 6.45) is 2.38. The second-order valence-electron chi connectivity index (χ2n) is 9.67. The molecule has 7 nitrogen and oxygen atoms in total. The first-order valence-corrected chi connectivity index (χ1v) is 12.0. The van der Waals surface area contributed by atoms with Crippen LogP contribution in [0.4, 0.5) is 0 Å². The van der Waals surface area contributed by atoms with Crippen LogP contribution in [0.5, 0.6) is 5.75 Å².